The monoisotopic (exact) mass is 259 g/mol. The van der Waals surface area contributed by atoms with E-state index >= 15 is 0 Å². The topological polar surface area (TPSA) is 21.3 Å². The second kappa shape index (κ2) is 5.96. The average Bonchev–Trinajstić information content (AvgIpc) is 3.23. The minimum absolute atomic E-state index is 0.638. The number of nitrogens with one attached hydrogen (secondary N) is 1. The largest absolute Gasteiger partial charge is 0.493 e. The van der Waals surface area contributed by atoms with Crippen LogP contribution < -0.4 is 10.1 Å². The first-order valence-corrected chi connectivity index (χ1v) is 7.77. The van der Waals surface area contributed by atoms with Gasteiger partial charge in [-0.05, 0) is 63.1 Å². The van der Waals surface area contributed by atoms with Gasteiger partial charge in [-0.25, -0.2) is 0 Å². The number of benzene rings is 1. The Morgan fingerprint density at radius 2 is 2.11 bits per heavy atom. The van der Waals surface area contributed by atoms with Crippen molar-refractivity contribution in [3.05, 3.63) is 29.3 Å². The fraction of sp³-hybridized carbons (Fsp3) is 0.647. The lowest BCUT2D eigenvalue weighted by Gasteiger charge is -2.24. The molecule has 0 bridgehead atoms. The number of piperidine rings is 1. The maximum atomic E-state index is 6.03. The third-order valence-corrected chi connectivity index (χ3v) is 4.27. The smallest absolute Gasteiger partial charge is 0.122 e. The molecule has 1 heterocycles. The first kappa shape index (κ1) is 13.0. The van der Waals surface area contributed by atoms with E-state index in [2.05, 4.69) is 30.4 Å². The summed E-state index contributed by atoms with van der Waals surface area (Å²) in [5.74, 6) is 1.94. The van der Waals surface area contributed by atoms with Crippen molar-refractivity contribution >= 4 is 0 Å². The molecule has 1 N–H and O–H groups in total. The molecule has 0 spiro atoms. The number of hydrogen-bond donors (Lipinski definition) is 1. The first-order valence-electron chi connectivity index (χ1n) is 7.77. The van der Waals surface area contributed by atoms with Crippen LogP contribution in [0.2, 0.25) is 0 Å². The molecule has 0 aromatic heterocycles. The van der Waals surface area contributed by atoms with Crippen molar-refractivity contribution < 1.29 is 4.74 Å². The number of aryl methyl sites for hydroxylation is 1. The average molecular weight is 259 g/mol. The highest BCUT2D eigenvalue weighted by molar-refractivity contribution is 5.37. The molecule has 1 aromatic rings. The van der Waals surface area contributed by atoms with E-state index in [0.29, 0.717) is 6.04 Å². The molecule has 2 aliphatic rings. The van der Waals surface area contributed by atoms with Gasteiger partial charge in [0.15, 0.2) is 0 Å². The van der Waals surface area contributed by atoms with Crippen LogP contribution in [-0.4, -0.2) is 19.2 Å². The van der Waals surface area contributed by atoms with Crippen LogP contribution in [0.1, 0.15) is 43.2 Å². The van der Waals surface area contributed by atoms with E-state index in [-0.39, 0.29) is 0 Å². The second-order valence-corrected chi connectivity index (χ2v) is 6.22. The van der Waals surface area contributed by atoms with Gasteiger partial charge < -0.3 is 10.1 Å². The zero-order valence-corrected chi connectivity index (χ0v) is 12.0. The molecule has 104 valence electrons. The van der Waals surface area contributed by atoms with Crippen LogP contribution in [-0.2, 0) is 6.42 Å². The van der Waals surface area contributed by atoms with Gasteiger partial charge >= 0.3 is 0 Å². The summed E-state index contributed by atoms with van der Waals surface area (Å²) in [5, 5.41) is 3.64. The summed E-state index contributed by atoms with van der Waals surface area (Å²) in [4.78, 5) is 0. The van der Waals surface area contributed by atoms with Gasteiger partial charge in [-0.3, -0.25) is 0 Å². The molecule has 0 amide bonds. The van der Waals surface area contributed by atoms with E-state index in [9.17, 15) is 0 Å². The Bertz CT molecular complexity index is 419. The zero-order valence-electron chi connectivity index (χ0n) is 12.0. The van der Waals surface area contributed by atoms with E-state index in [1.54, 1.807) is 0 Å². The molecule has 1 saturated carbocycles. The Hall–Kier alpha value is -1.02. The SMILES string of the molecule is Cc1ccc(OCC2CC2)c(CC2CCCCN2)c1. The molecule has 0 radical (unpaired) electrons. The van der Waals surface area contributed by atoms with Crippen molar-refractivity contribution in [3.63, 3.8) is 0 Å². The fourth-order valence-corrected chi connectivity index (χ4v) is 2.86. The highest BCUT2D eigenvalue weighted by atomic mass is 16.5. The van der Waals surface area contributed by atoms with Crippen LogP contribution in [0.15, 0.2) is 18.2 Å². The normalized spacial score (nSPS) is 23.3. The fourth-order valence-electron chi connectivity index (χ4n) is 2.86. The lowest BCUT2D eigenvalue weighted by Crippen LogP contribution is -2.35. The number of ether oxygens (including phenoxy) is 1. The van der Waals surface area contributed by atoms with E-state index in [1.807, 2.05) is 0 Å². The van der Waals surface area contributed by atoms with Crippen molar-refractivity contribution in [1.82, 2.24) is 5.32 Å². The maximum Gasteiger partial charge on any atom is 0.122 e. The quantitative estimate of drug-likeness (QED) is 0.874. The van der Waals surface area contributed by atoms with Gasteiger partial charge in [-0.1, -0.05) is 24.1 Å². The Balaban J connectivity index is 1.67. The van der Waals surface area contributed by atoms with Crippen LogP contribution in [0.25, 0.3) is 0 Å². The van der Waals surface area contributed by atoms with E-state index in [1.165, 1.54) is 49.8 Å². The van der Waals surface area contributed by atoms with Crippen LogP contribution in [0, 0.1) is 12.8 Å². The molecular weight excluding hydrogens is 234 g/mol. The zero-order chi connectivity index (χ0) is 13.1. The Morgan fingerprint density at radius 1 is 1.21 bits per heavy atom. The van der Waals surface area contributed by atoms with Crippen LogP contribution in [0.4, 0.5) is 0 Å². The minimum Gasteiger partial charge on any atom is -0.493 e. The van der Waals surface area contributed by atoms with Gasteiger partial charge in [0.05, 0.1) is 6.61 Å². The summed E-state index contributed by atoms with van der Waals surface area (Å²) in [7, 11) is 0. The van der Waals surface area contributed by atoms with Crippen LogP contribution >= 0.6 is 0 Å². The van der Waals surface area contributed by atoms with Gasteiger partial charge in [0.1, 0.15) is 5.75 Å². The summed E-state index contributed by atoms with van der Waals surface area (Å²) in [6.45, 7) is 4.26. The van der Waals surface area contributed by atoms with E-state index in [4.69, 9.17) is 4.74 Å². The molecule has 3 rings (SSSR count). The van der Waals surface area contributed by atoms with Crippen molar-refractivity contribution in [3.8, 4) is 5.75 Å². The Morgan fingerprint density at radius 3 is 2.84 bits per heavy atom. The molecule has 19 heavy (non-hydrogen) atoms. The molecule has 1 atom stereocenters. The third-order valence-electron chi connectivity index (χ3n) is 4.27. The highest BCUT2D eigenvalue weighted by Gasteiger charge is 2.23. The molecule has 1 aromatic carbocycles. The van der Waals surface area contributed by atoms with Gasteiger partial charge in [0, 0.05) is 6.04 Å². The molecule has 1 saturated heterocycles. The number of rotatable bonds is 5. The molecule has 1 unspecified atom stereocenters. The highest BCUT2D eigenvalue weighted by Crippen LogP contribution is 2.31. The molecule has 2 fully saturated rings. The van der Waals surface area contributed by atoms with Crippen LogP contribution in [0.5, 0.6) is 5.75 Å². The molecule has 1 aliphatic carbocycles. The second-order valence-electron chi connectivity index (χ2n) is 6.22. The van der Waals surface area contributed by atoms with Crippen molar-refractivity contribution in [1.29, 1.82) is 0 Å². The number of hydrogen-bond acceptors (Lipinski definition) is 2. The van der Waals surface area contributed by atoms with Gasteiger partial charge in [0.2, 0.25) is 0 Å². The Kier molecular flexibility index (Phi) is 4.07. The minimum atomic E-state index is 0.638. The molecule has 2 nitrogen and oxygen atoms in total. The summed E-state index contributed by atoms with van der Waals surface area (Å²) < 4.78 is 6.03. The summed E-state index contributed by atoms with van der Waals surface area (Å²) in [6.07, 6.45) is 7.81. The van der Waals surface area contributed by atoms with E-state index in [0.717, 1.165) is 24.7 Å². The van der Waals surface area contributed by atoms with Crippen molar-refractivity contribution in [2.24, 2.45) is 5.92 Å². The standard InChI is InChI=1S/C17H25NO/c1-13-5-8-17(19-12-14-6-7-14)15(10-13)11-16-4-2-3-9-18-16/h5,8,10,14,16,18H,2-4,6-7,9,11-12H2,1H3. The molecule has 1 aliphatic heterocycles. The maximum absolute atomic E-state index is 6.03. The van der Waals surface area contributed by atoms with Gasteiger partial charge in [0.25, 0.3) is 0 Å². The predicted molar refractivity (Wildman–Crippen MR) is 78.7 cm³/mol. The first-order chi connectivity index (χ1) is 9.31. The predicted octanol–water partition coefficient (Wildman–Crippen LogP) is 3.47. The van der Waals surface area contributed by atoms with Gasteiger partial charge in [-0.15, -0.1) is 0 Å². The molecular formula is C17H25NO. The van der Waals surface area contributed by atoms with Crippen LogP contribution in [0.3, 0.4) is 0 Å². The Labute approximate surface area is 116 Å². The lowest BCUT2D eigenvalue weighted by atomic mass is 9.96. The third kappa shape index (κ3) is 3.73. The summed E-state index contributed by atoms with van der Waals surface area (Å²) in [6, 6.07) is 7.27. The van der Waals surface area contributed by atoms with Crippen molar-refractivity contribution in [2.45, 2.75) is 51.5 Å². The van der Waals surface area contributed by atoms with Crippen molar-refractivity contribution in [2.75, 3.05) is 13.2 Å². The van der Waals surface area contributed by atoms with E-state index < -0.39 is 0 Å². The lowest BCUT2D eigenvalue weighted by molar-refractivity contribution is 0.294. The summed E-state index contributed by atoms with van der Waals surface area (Å²) >= 11 is 0. The summed E-state index contributed by atoms with van der Waals surface area (Å²) in [5.41, 5.74) is 2.73. The van der Waals surface area contributed by atoms with Gasteiger partial charge in [-0.2, -0.15) is 0 Å². The molecule has 2 heteroatoms.